The summed E-state index contributed by atoms with van der Waals surface area (Å²) in [6.45, 7) is 9.27. The standard InChI is InChI=1S/C20H35NO9/c1-2-24-7-8-26-11-12-28-15-16-30-18-17-29-14-13-27-10-9-25-6-5-21-19(22)3-4-20(21)23/h3-4H,2,5-18H2,1H3. The molecular weight excluding hydrogens is 398 g/mol. The van der Waals surface area contributed by atoms with Crippen LogP contribution < -0.4 is 0 Å². The highest BCUT2D eigenvalue weighted by Gasteiger charge is 2.22. The van der Waals surface area contributed by atoms with Crippen LogP contribution in [0.5, 0.6) is 0 Å². The number of hydrogen-bond acceptors (Lipinski definition) is 9. The van der Waals surface area contributed by atoms with Gasteiger partial charge in [-0.15, -0.1) is 0 Å². The van der Waals surface area contributed by atoms with Crippen LogP contribution in [0.15, 0.2) is 12.2 Å². The predicted molar refractivity (Wildman–Crippen MR) is 107 cm³/mol. The summed E-state index contributed by atoms with van der Waals surface area (Å²) in [5.74, 6) is -0.598. The molecule has 2 amide bonds. The van der Waals surface area contributed by atoms with Gasteiger partial charge in [-0.3, -0.25) is 14.5 Å². The number of nitrogens with zero attached hydrogens (tertiary/aromatic N) is 1. The maximum atomic E-state index is 11.3. The molecule has 0 N–H and O–H groups in total. The smallest absolute Gasteiger partial charge is 0.253 e. The molecule has 0 bridgehead atoms. The molecule has 30 heavy (non-hydrogen) atoms. The van der Waals surface area contributed by atoms with Crippen molar-refractivity contribution in [1.82, 2.24) is 4.90 Å². The van der Waals surface area contributed by atoms with Gasteiger partial charge in [0, 0.05) is 18.8 Å². The van der Waals surface area contributed by atoms with Crippen LogP contribution in [0.3, 0.4) is 0 Å². The van der Waals surface area contributed by atoms with Gasteiger partial charge in [0.25, 0.3) is 11.8 Å². The van der Waals surface area contributed by atoms with Gasteiger partial charge < -0.3 is 33.2 Å². The molecule has 0 radical (unpaired) electrons. The van der Waals surface area contributed by atoms with Crippen LogP contribution in [0.1, 0.15) is 6.92 Å². The van der Waals surface area contributed by atoms with E-state index in [-0.39, 0.29) is 18.4 Å². The zero-order chi connectivity index (χ0) is 21.7. The first-order chi connectivity index (χ1) is 14.8. The van der Waals surface area contributed by atoms with E-state index in [1.165, 1.54) is 12.2 Å². The van der Waals surface area contributed by atoms with E-state index in [1.807, 2.05) is 6.92 Å². The van der Waals surface area contributed by atoms with Crippen LogP contribution >= 0.6 is 0 Å². The molecule has 1 heterocycles. The van der Waals surface area contributed by atoms with Gasteiger partial charge in [-0.05, 0) is 6.92 Å². The third-order valence-electron chi connectivity index (χ3n) is 3.80. The van der Waals surface area contributed by atoms with Gasteiger partial charge in [-0.25, -0.2) is 0 Å². The summed E-state index contributed by atoms with van der Waals surface area (Å²) in [7, 11) is 0. The lowest BCUT2D eigenvalue weighted by Crippen LogP contribution is -2.33. The lowest BCUT2D eigenvalue weighted by atomic mass is 10.5. The molecule has 0 aliphatic carbocycles. The Kier molecular flexibility index (Phi) is 17.4. The number of carbonyl (C=O) groups excluding carboxylic acids is 2. The molecule has 0 saturated heterocycles. The second kappa shape index (κ2) is 19.6. The summed E-state index contributed by atoms with van der Waals surface area (Å²) < 4.78 is 37.4. The minimum Gasteiger partial charge on any atom is -0.379 e. The fourth-order valence-electron chi connectivity index (χ4n) is 2.27. The van der Waals surface area contributed by atoms with E-state index in [9.17, 15) is 9.59 Å². The van der Waals surface area contributed by atoms with Crippen LogP contribution in [0.25, 0.3) is 0 Å². The summed E-state index contributed by atoms with van der Waals surface area (Å²) in [5.41, 5.74) is 0. The number of ether oxygens (including phenoxy) is 7. The van der Waals surface area contributed by atoms with Crippen molar-refractivity contribution >= 4 is 11.8 Å². The highest BCUT2D eigenvalue weighted by Crippen LogP contribution is 2.02. The normalized spacial score (nSPS) is 13.7. The maximum absolute atomic E-state index is 11.3. The summed E-state index contributed by atoms with van der Waals surface area (Å²) in [4.78, 5) is 23.8. The Bertz CT molecular complexity index is 455. The molecule has 1 aliphatic heterocycles. The lowest BCUT2D eigenvalue weighted by Gasteiger charge is -2.13. The van der Waals surface area contributed by atoms with Gasteiger partial charge in [-0.1, -0.05) is 0 Å². The summed E-state index contributed by atoms with van der Waals surface area (Å²) in [5, 5.41) is 0. The Morgan fingerprint density at radius 1 is 0.533 bits per heavy atom. The van der Waals surface area contributed by atoms with Crippen molar-refractivity contribution in [3.63, 3.8) is 0 Å². The van der Waals surface area contributed by atoms with E-state index in [0.29, 0.717) is 92.5 Å². The SMILES string of the molecule is CCOCCOCCOCCOCCOCCOCCOCCN1C(=O)C=CC1=O. The maximum Gasteiger partial charge on any atom is 0.253 e. The van der Waals surface area contributed by atoms with Crippen molar-refractivity contribution in [1.29, 1.82) is 0 Å². The molecular formula is C20H35NO9. The molecule has 1 aliphatic rings. The van der Waals surface area contributed by atoms with E-state index in [4.69, 9.17) is 33.2 Å². The average molecular weight is 433 g/mol. The Balaban J connectivity index is 1.68. The fraction of sp³-hybridized carbons (Fsp3) is 0.800. The van der Waals surface area contributed by atoms with E-state index in [2.05, 4.69) is 0 Å². The third-order valence-corrected chi connectivity index (χ3v) is 3.80. The van der Waals surface area contributed by atoms with Crippen molar-refractivity contribution in [2.45, 2.75) is 6.92 Å². The largest absolute Gasteiger partial charge is 0.379 e. The minimum absolute atomic E-state index is 0.251. The van der Waals surface area contributed by atoms with Crippen LogP contribution in [0.2, 0.25) is 0 Å². The number of amides is 2. The van der Waals surface area contributed by atoms with Crippen molar-refractivity contribution in [3.8, 4) is 0 Å². The van der Waals surface area contributed by atoms with Crippen molar-refractivity contribution < 1.29 is 42.7 Å². The van der Waals surface area contributed by atoms with Gasteiger partial charge in [-0.2, -0.15) is 0 Å². The Morgan fingerprint density at radius 3 is 1.17 bits per heavy atom. The van der Waals surface area contributed by atoms with E-state index in [1.54, 1.807) is 0 Å². The van der Waals surface area contributed by atoms with Gasteiger partial charge in [0.15, 0.2) is 0 Å². The second-order valence-electron chi connectivity index (χ2n) is 6.03. The van der Waals surface area contributed by atoms with Crippen LogP contribution in [-0.2, 0) is 42.7 Å². The fourth-order valence-corrected chi connectivity index (χ4v) is 2.27. The zero-order valence-electron chi connectivity index (χ0n) is 17.9. The highest BCUT2D eigenvalue weighted by molar-refractivity contribution is 6.12. The molecule has 0 saturated carbocycles. The molecule has 0 spiro atoms. The monoisotopic (exact) mass is 433 g/mol. The van der Waals surface area contributed by atoms with Gasteiger partial charge in [0.05, 0.1) is 92.4 Å². The topological polar surface area (TPSA) is 102 Å². The van der Waals surface area contributed by atoms with Crippen LogP contribution in [0.4, 0.5) is 0 Å². The molecule has 1 rings (SSSR count). The van der Waals surface area contributed by atoms with Crippen LogP contribution in [-0.4, -0.2) is 116 Å². The number of carbonyl (C=O) groups is 2. The Morgan fingerprint density at radius 2 is 0.833 bits per heavy atom. The molecule has 0 atom stereocenters. The van der Waals surface area contributed by atoms with Gasteiger partial charge in [0.2, 0.25) is 0 Å². The number of imide groups is 1. The van der Waals surface area contributed by atoms with Crippen LogP contribution in [0, 0.1) is 0 Å². The molecule has 0 aromatic heterocycles. The van der Waals surface area contributed by atoms with Gasteiger partial charge in [0.1, 0.15) is 0 Å². The highest BCUT2D eigenvalue weighted by atomic mass is 16.6. The van der Waals surface area contributed by atoms with Crippen molar-refractivity contribution in [2.24, 2.45) is 0 Å². The summed E-state index contributed by atoms with van der Waals surface area (Å²) >= 11 is 0. The van der Waals surface area contributed by atoms with Crippen molar-refractivity contribution in [3.05, 3.63) is 12.2 Å². The molecule has 0 unspecified atom stereocenters. The summed E-state index contributed by atoms with van der Waals surface area (Å²) in [6, 6.07) is 0. The van der Waals surface area contributed by atoms with E-state index < -0.39 is 0 Å². The molecule has 0 fully saturated rings. The quantitative estimate of drug-likeness (QED) is 0.173. The third kappa shape index (κ3) is 14.6. The lowest BCUT2D eigenvalue weighted by molar-refractivity contribution is -0.137. The first-order valence-corrected chi connectivity index (χ1v) is 10.3. The number of rotatable bonds is 22. The number of hydrogen-bond donors (Lipinski definition) is 0. The van der Waals surface area contributed by atoms with Crippen molar-refractivity contribution in [2.75, 3.05) is 99.0 Å². The van der Waals surface area contributed by atoms with E-state index >= 15 is 0 Å². The first-order valence-electron chi connectivity index (χ1n) is 10.3. The molecule has 0 aromatic carbocycles. The average Bonchev–Trinajstić information content (AvgIpc) is 3.06. The van der Waals surface area contributed by atoms with E-state index in [0.717, 1.165) is 4.90 Å². The molecule has 0 aromatic rings. The first kappa shape index (κ1) is 26.6. The minimum atomic E-state index is -0.299. The molecule has 10 heteroatoms. The summed E-state index contributed by atoms with van der Waals surface area (Å²) in [6.07, 6.45) is 2.51. The molecule has 174 valence electrons. The zero-order valence-corrected chi connectivity index (χ0v) is 17.9. The second-order valence-corrected chi connectivity index (χ2v) is 6.03. The molecule has 10 nitrogen and oxygen atoms in total. The predicted octanol–water partition coefficient (Wildman–Crippen LogP) is 0.0475. The Hall–Kier alpha value is -1.40. The Labute approximate surface area is 178 Å². The van der Waals surface area contributed by atoms with Gasteiger partial charge >= 0.3 is 0 Å².